The van der Waals surface area contributed by atoms with Crippen molar-refractivity contribution in [1.29, 1.82) is 0 Å². The van der Waals surface area contributed by atoms with Gasteiger partial charge in [-0.25, -0.2) is 9.67 Å². The molecule has 7 heteroatoms. The summed E-state index contributed by atoms with van der Waals surface area (Å²) in [5.41, 5.74) is -0.369. The number of hydrogen-bond donors (Lipinski definition) is 2. The summed E-state index contributed by atoms with van der Waals surface area (Å²) in [5.74, 6) is 0. The van der Waals surface area contributed by atoms with Gasteiger partial charge in [-0.2, -0.15) is 5.10 Å². The van der Waals surface area contributed by atoms with Gasteiger partial charge < -0.3 is 10.4 Å². The average molecular weight is 343 g/mol. The zero-order valence-corrected chi connectivity index (χ0v) is 14.4. The van der Waals surface area contributed by atoms with Crippen molar-refractivity contribution in [2.45, 2.75) is 63.1 Å². The largest absolute Gasteiger partial charge is 0.387 e. The number of fused-ring (bicyclic) bond motifs is 1. The first-order chi connectivity index (χ1) is 12.1. The SMILES string of the molecule is O=c1c2cnn(C3CC3)c2ncn1CC1(O)CCNCC12CCCC2. The third kappa shape index (κ3) is 2.29. The smallest absolute Gasteiger partial charge is 0.264 e. The van der Waals surface area contributed by atoms with Crippen molar-refractivity contribution in [3.63, 3.8) is 0 Å². The van der Waals surface area contributed by atoms with Gasteiger partial charge in [0.05, 0.1) is 24.4 Å². The normalized spacial score (nSPS) is 28.8. The van der Waals surface area contributed by atoms with Crippen molar-refractivity contribution >= 4 is 11.0 Å². The molecule has 0 aromatic carbocycles. The van der Waals surface area contributed by atoms with Crippen molar-refractivity contribution in [1.82, 2.24) is 24.6 Å². The van der Waals surface area contributed by atoms with E-state index >= 15 is 0 Å². The molecule has 25 heavy (non-hydrogen) atoms. The van der Waals surface area contributed by atoms with Gasteiger partial charge in [-0.3, -0.25) is 9.36 Å². The molecule has 2 saturated carbocycles. The molecule has 2 N–H and O–H groups in total. The highest BCUT2D eigenvalue weighted by Crippen LogP contribution is 2.49. The standard InChI is InChI=1S/C18H25N5O2/c24-16-14-9-21-23(13-3-4-13)15(14)20-12-22(16)11-18(25)7-8-19-10-17(18)5-1-2-6-17/h9,12-13,19,25H,1-8,10-11H2. The molecule has 7 nitrogen and oxygen atoms in total. The van der Waals surface area contributed by atoms with Crippen LogP contribution in [-0.4, -0.2) is 43.1 Å². The van der Waals surface area contributed by atoms with Crippen LogP contribution in [0.3, 0.4) is 0 Å². The number of rotatable bonds is 3. The molecule has 2 aromatic rings. The Hall–Kier alpha value is -1.73. The summed E-state index contributed by atoms with van der Waals surface area (Å²) in [6.45, 7) is 1.96. The Balaban J connectivity index is 1.52. The van der Waals surface area contributed by atoms with E-state index in [0.29, 0.717) is 30.0 Å². The van der Waals surface area contributed by atoms with Crippen LogP contribution in [0.1, 0.15) is 51.0 Å². The molecule has 1 aliphatic heterocycles. The molecular formula is C18H25N5O2. The van der Waals surface area contributed by atoms with E-state index in [1.807, 2.05) is 4.68 Å². The van der Waals surface area contributed by atoms with Gasteiger partial charge in [0.25, 0.3) is 5.56 Å². The fourth-order valence-electron chi connectivity index (χ4n) is 4.94. The van der Waals surface area contributed by atoms with E-state index in [2.05, 4.69) is 15.4 Å². The highest BCUT2D eigenvalue weighted by molar-refractivity contribution is 5.73. The van der Waals surface area contributed by atoms with Crippen LogP contribution < -0.4 is 10.9 Å². The maximum Gasteiger partial charge on any atom is 0.264 e. The van der Waals surface area contributed by atoms with Crippen molar-refractivity contribution in [2.24, 2.45) is 5.41 Å². The lowest BCUT2D eigenvalue weighted by atomic mass is 9.66. The van der Waals surface area contributed by atoms with E-state index in [9.17, 15) is 9.90 Å². The fraction of sp³-hybridized carbons (Fsp3) is 0.722. The second kappa shape index (κ2) is 5.38. The highest BCUT2D eigenvalue weighted by Gasteiger charge is 2.53. The van der Waals surface area contributed by atoms with E-state index in [1.54, 1.807) is 17.1 Å². The molecule has 0 bridgehead atoms. The molecule has 0 amide bonds. The second-order valence-corrected chi connectivity index (χ2v) is 8.18. The lowest BCUT2D eigenvalue weighted by Gasteiger charge is -2.49. The lowest BCUT2D eigenvalue weighted by molar-refractivity contribution is -0.115. The predicted octanol–water partition coefficient (Wildman–Crippen LogP) is 1.21. The average Bonchev–Trinajstić information content (AvgIpc) is 3.17. The molecule has 2 aliphatic carbocycles. The van der Waals surface area contributed by atoms with E-state index in [0.717, 1.165) is 51.6 Å². The third-order valence-corrected chi connectivity index (χ3v) is 6.63. The van der Waals surface area contributed by atoms with E-state index < -0.39 is 5.60 Å². The van der Waals surface area contributed by atoms with Gasteiger partial charge in [0.2, 0.25) is 0 Å². The second-order valence-electron chi connectivity index (χ2n) is 8.18. The summed E-state index contributed by atoms with van der Waals surface area (Å²) in [5, 5.41) is 19.9. The number of nitrogens with one attached hydrogen (secondary N) is 1. The van der Waals surface area contributed by atoms with Gasteiger partial charge in [-0.15, -0.1) is 0 Å². The van der Waals surface area contributed by atoms with Gasteiger partial charge in [0, 0.05) is 12.0 Å². The molecule has 1 spiro atoms. The van der Waals surface area contributed by atoms with Gasteiger partial charge in [0.15, 0.2) is 5.65 Å². The van der Waals surface area contributed by atoms with E-state index in [-0.39, 0.29) is 11.0 Å². The molecule has 3 fully saturated rings. The van der Waals surface area contributed by atoms with Crippen LogP contribution in [0, 0.1) is 5.41 Å². The van der Waals surface area contributed by atoms with Crippen LogP contribution in [0.15, 0.2) is 17.3 Å². The Morgan fingerprint density at radius 3 is 2.84 bits per heavy atom. The van der Waals surface area contributed by atoms with Crippen LogP contribution in [-0.2, 0) is 6.54 Å². The predicted molar refractivity (Wildman–Crippen MR) is 93.4 cm³/mol. The number of nitrogens with zero attached hydrogens (tertiary/aromatic N) is 4. The Kier molecular flexibility index (Phi) is 3.34. The van der Waals surface area contributed by atoms with E-state index in [1.165, 1.54) is 0 Å². The van der Waals surface area contributed by atoms with Crippen molar-refractivity contribution in [3.05, 3.63) is 22.9 Å². The van der Waals surface area contributed by atoms with Gasteiger partial charge in [-0.05, 0) is 38.6 Å². The summed E-state index contributed by atoms with van der Waals surface area (Å²) in [6.07, 6.45) is 10.5. The highest BCUT2D eigenvalue weighted by atomic mass is 16.3. The van der Waals surface area contributed by atoms with Crippen LogP contribution in [0.4, 0.5) is 0 Å². The van der Waals surface area contributed by atoms with Crippen LogP contribution in [0.2, 0.25) is 0 Å². The molecule has 3 heterocycles. The Labute approximate surface area is 146 Å². The minimum atomic E-state index is -0.847. The van der Waals surface area contributed by atoms with Crippen molar-refractivity contribution in [3.8, 4) is 0 Å². The monoisotopic (exact) mass is 343 g/mol. The Morgan fingerprint density at radius 2 is 2.08 bits per heavy atom. The quantitative estimate of drug-likeness (QED) is 0.875. The first kappa shape index (κ1) is 15.5. The molecule has 134 valence electrons. The minimum Gasteiger partial charge on any atom is -0.387 e. The van der Waals surface area contributed by atoms with Gasteiger partial charge >= 0.3 is 0 Å². The number of hydrogen-bond acceptors (Lipinski definition) is 5. The van der Waals surface area contributed by atoms with Gasteiger partial charge in [-0.1, -0.05) is 12.8 Å². The molecule has 0 radical (unpaired) electrons. The van der Waals surface area contributed by atoms with Crippen LogP contribution in [0.25, 0.3) is 11.0 Å². The van der Waals surface area contributed by atoms with E-state index in [4.69, 9.17) is 0 Å². The molecule has 2 aromatic heterocycles. The van der Waals surface area contributed by atoms with Gasteiger partial charge in [0.1, 0.15) is 11.7 Å². The van der Waals surface area contributed by atoms with Crippen LogP contribution >= 0.6 is 0 Å². The summed E-state index contributed by atoms with van der Waals surface area (Å²) < 4.78 is 3.48. The lowest BCUT2D eigenvalue weighted by Crippen LogP contribution is -2.60. The Bertz CT molecular complexity index is 862. The molecule has 1 unspecified atom stereocenters. The number of aromatic nitrogens is 4. The van der Waals surface area contributed by atoms with Crippen molar-refractivity contribution in [2.75, 3.05) is 13.1 Å². The minimum absolute atomic E-state index is 0.0861. The zero-order chi connectivity index (χ0) is 17.1. The Morgan fingerprint density at radius 1 is 1.28 bits per heavy atom. The summed E-state index contributed by atoms with van der Waals surface area (Å²) >= 11 is 0. The first-order valence-electron chi connectivity index (χ1n) is 9.48. The molecule has 1 saturated heterocycles. The summed E-state index contributed by atoms with van der Waals surface area (Å²) in [7, 11) is 0. The van der Waals surface area contributed by atoms with Crippen LogP contribution in [0.5, 0.6) is 0 Å². The number of piperidine rings is 1. The topological polar surface area (TPSA) is 85.0 Å². The summed E-state index contributed by atoms with van der Waals surface area (Å²) in [4.78, 5) is 17.5. The summed E-state index contributed by atoms with van der Waals surface area (Å²) in [6, 6.07) is 0.399. The molecule has 5 rings (SSSR count). The zero-order valence-electron chi connectivity index (χ0n) is 14.4. The molecule has 1 atom stereocenters. The first-order valence-corrected chi connectivity index (χ1v) is 9.48. The third-order valence-electron chi connectivity index (χ3n) is 6.63. The maximum absolute atomic E-state index is 12.9. The fourth-order valence-corrected chi connectivity index (χ4v) is 4.94. The molecular weight excluding hydrogens is 318 g/mol. The van der Waals surface area contributed by atoms with Crippen molar-refractivity contribution < 1.29 is 5.11 Å². The number of aliphatic hydroxyl groups is 1. The molecule has 3 aliphatic rings. The maximum atomic E-state index is 12.9.